The highest BCUT2D eigenvalue weighted by atomic mass is 16.5. The quantitative estimate of drug-likeness (QED) is 0.864. The number of benzene rings is 1. The number of ether oxygens (including phenoxy) is 1. The van der Waals surface area contributed by atoms with Crippen molar-refractivity contribution in [3.05, 3.63) is 29.8 Å². The van der Waals surface area contributed by atoms with Crippen LogP contribution in [0.25, 0.3) is 0 Å². The fourth-order valence-corrected chi connectivity index (χ4v) is 2.64. The first-order chi connectivity index (χ1) is 9.63. The second-order valence-corrected chi connectivity index (χ2v) is 6.19. The van der Waals surface area contributed by atoms with Gasteiger partial charge in [-0.2, -0.15) is 0 Å². The lowest BCUT2D eigenvalue weighted by atomic mass is 9.97. The molecule has 3 nitrogen and oxygen atoms in total. The maximum Gasteiger partial charge on any atom is 0.119 e. The highest BCUT2D eigenvalue weighted by Crippen LogP contribution is 2.16. The number of nitrogens with one attached hydrogen (secondary N) is 1. The van der Waals surface area contributed by atoms with Crippen molar-refractivity contribution in [3.63, 3.8) is 0 Å². The van der Waals surface area contributed by atoms with Gasteiger partial charge in [-0.25, -0.2) is 0 Å². The molecule has 1 saturated heterocycles. The van der Waals surface area contributed by atoms with Crippen molar-refractivity contribution in [2.75, 3.05) is 26.7 Å². The number of rotatable bonds is 6. The largest absolute Gasteiger partial charge is 0.491 e. The predicted molar refractivity (Wildman–Crippen MR) is 84.1 cm³/mol. The van der Waals surface area contributed by atoms with Crippen molar-refractivity contribution < 1.29 is 4.74 Å². The molecule has 1 N–H and O–H groups in total. The molecule has 0 bridgehead atoms. The lowest BCUT2D eigenvalue weighted by molar-refractivity contribution is 0.216. The summed E-state index contributed by atoms with van der Waals surface area (Å²) >= 11 is 0. The molecule has 3 heteroatoms. The molecule has 20 heavy (non-hydrogen) atoms. The fourth-order valence-electron chi connectivity index (χ4n) is 2.64. The normalized spacial score (nSPS) is 17.6. The number of likely N-dealkylation sites (tertiary alicyclic amines) is 1. The third kappa shape index (κ3) is 5.14. The summed E-state index contributed by atoms with van der Waals surface area (Å²) < 4.78 is 5.65. The lowest BCUT2D eigenvalue weighted by Gasteiger charge is -2.29. The van der Waals surface area contributed by atoms with Crippen LogP contribution in [-0.2, 0) is 6.54 Å². The Morgan fingerprint density at radius 2 is 1.85 bits per heavy atom. The maximum absolute atomic E-state index is 5.65. The summed E-state index contributed by atoms with van der Waals surface area (Å²) in [6.07, 6.45) is 2.89. The van der Waals surface area contributed by atoms with E-state index in [4.69, 9.17) is 4.74 Å². The van der Waals surface area contributed by atoms with Gasteiger partial charge in [-0.3, -0.25) is 0 Å². The van der Waals surface area contributed by atoms with E-state index in [1.165, 1.54) is 31.5 Å². The van der Waals surface area contributed by atoms with E-state index in [2.05, 4.69) is 55.4 Å². The standard InChI is InChI=1S/C17H28N2O/c1-14(2)20-17-6-4-15(5-7-17)12-18-13-16-8-10-19(3)11-9-16/h4-7,14,16,18H,8-13H2,1-3H3. The van der Waals surface area contributed by atoms with Crippen LogP contribution in [0, 0.1) is 5.92 Å². The Bertz CT molecular complexity index is 380. The van der Waals surface area contributed by atoms with Gasteiger partial charge in [0.2, 0.25) is 0 Å². The van der Waals surface area contributed by atoms with Gasteiger partial charge in [0.05, 0.1) is 6.10 Å². The molecular formula is C17H28N2O. The Morgan fingerprint density at radius 1 is 1.20 bits per heavy atom. The molecule has 0 unspecified atom stereocenters. The second-order valence-electron chi connectivity index (χ2n) is 6.19. The summed E-state index contributed by atoms with van der Waals surface area (Å²) in [5, 5.41) is 3.59. The SMILES string of the molecule is CC(C)Oc1ccc(CNCC2CCN(C)CC2)cc1. The van der Waals surface area contributed by atoms with Crippen molar-refractivity contribution in [3.8, 4) is 5.75 Å². The molecule has 0 radical (unpaired) electrons. The minimum absolute atomic E-state index is 0.239. The summed E-state index contributed by atoms with van der Waals surface area (Å²) in [4.78, 5) is 2.42. The summed E-state index contributed by atoms with van der Waals surface area (Å²) in [5.41, 5.74) is 1.33. The third-order valence-electron chi connectivity index (χ3n) is 3.90. The molecule has 1 aliphatic heterocycles. The van der Waals surface area contributed by atoms with E-state index in [0.717, 1.165) is 24.8 Å². The van der Waals surface area contributed by atoms with E-state index in [1.54, 1.807) is 0 Å². The number of piperidine rings is 1. The van der Waals surface area contributed by atoms with Crippen molar-refractivity contribution in [2.45, 2.75) is 39.3 Å². The Labute approximate surface area is 123 Å². The second kappa shape index (κ2) is 7.65. The van der Waals surface area contributed by atoms with E-state index < -0.39 is 0 Å². The average molecular weight is 276 g/mol. The van der Waals surface area contributed by atoms with Gasteiger partial charge < -0.3 is 15.0 Å². The first kappa shape index (κ1) is 15.3. The zero-order valence-electron chi connectivity index (χ0n) is 13.1. The van der Waals surface area contributed by atoms with Crippen molar-refractivity contribution >= 4 is 0 Å². The molecule has 0 atom stereocenters. The maximum atomic E-state index is 5.65. The minimum Gasteiger partial charge on any atom is -0.491 e. The summed E-state index contributed by atoms with van der Waals surface area (Å²) in [7, 11) is 2.21. The van der Waals surface area contributed by atoms with E-state index in [-0.39, 0.29) is 6.10 Å². The van der Waals surface area contributed by atoms with Crippen LogP contribution in [0.5, 0.6) is 5.75 Å². The molecule has 0 spiro atoms. The molecule has 1 heterocycles. The monoisotopic (exact) mass is 276 g/mol. The molecule has 0 aliphatic carbocycles. The van der Waals surface area contributed by atoms with Crippen molar-refractivity contribution in [2.24, 2.45) is 5.92 Å². The summed E-state index contributed by atoms with van der Waals surface area (Å²) in [6, 6.07) is 8.43. The Morgan fingerprint density at radius 3 is 2.45 bits per heavy atom. The lowest BCUT2D eigenvalue weighted by Crippen LogP contribution is -2.34. The van der Waals surface area contributed by atoms with Crippen LogP contribution in [0.2, 0.25) is 0 Å². The first-order valence-corrected chi connectivity index (χ1v) is 7.78. The van der Waals surface area contributed by atoms with E-state index in [1.807, 2.05) is 0 Å². The molecule has 1 aliphatic rings. The average Bonchev–Trinajstić information content (AvgIpc) is 2.42. The zero-order valence-corrected chi connectivity index (χ0v) is 13.1. The first-order valence-electron chi connectivity index (χ1n) is 7.78. The van der Waals surface area contributed by atoms with Gasteiger partial charge in [-0.1, -0.05) is 12.1 Å². The predicted octanol–water partition coefficient (Wildman–Crippen LogP) is 2.91. The van der Waals surface area contributed by atoms with Crippen LogP contribution < -0.4 is 10.1 Å². The van der Waals surface area contributed by atoms with E-state index >= 15 is 0 Å². The molecule has 112 valence electrons. The molecule has 2 rings (SSSR count). The Kier molecular flexibility index (Phi) is 5.86. The van der Waals surface area contributed by atoms with Crippen LogP contribution in [0.3, 0.4) is 0 Å². The molecule has 1 aromatic carbocycles. The summed E-state index contributed by atoms with van der Waals surface area (Å²) in [6.45, 7) is 8.68. The highest BCUT2D eigenvalue weighted by molar-refractivity contribution is 5.27. The topological polar surface area (TPSA) is 24.5 Å². The molecule has 1 fully saturated rings. The summed E-state index contributed by atoms with van der Waals surface area (Å²) in [5.74, 6) is 1.80. The Balaban J connectivity index is 1.69. The van der Waals surface area contributed by atoms with E-state index in [9.17, 15) is 0 Å². The number of hydrogen-bond acceptors (Lipinski definition) is 3. The van der Waals surface area contributed by atoms with Crippen LogP contribution in [0.4, 0.5) is 0 Å². The molecular weight excluding hydrogens is 248 g/mol. The van der Waals surface area contributed by atoms with Crippen LogP contribution in [-0.4, -0.2) is 37.7 Å². The van der Waals surface area contributed by atoms with Gasteiger partial charge in [0.1, 0.15) is 5.75 Å². The Hall–Kier alpha value is -1.06. The van der Waals surface area contributed by atoms with Gasteiger partial charge in [0.15, 0.2) is 0 Å². The fraction of sp³-hybridized carbons (Fsp3) is 0.647. The number of nitrogens with zero attached hydrogens (tertiary/aromatic N) is 1. The minimum atomic E-state index is 0.239. The van der Waals surface area contributed by atoms with Gasteiger partial charge in [0.25, 0.3) is 0 Å². The molecule has 1 aromatic rings. The van der Waals surface area contributed by atoms with Crippen molar-refractivity contribution in [1.29, 1.82) is 0 Å². The molecule has 0 saturated carbocycles. The molecule has 0 amide bonds. The molecule has 0 aromatic heterocycles. The van der Waals surface area contributed by atoms with Gasteiger partial charge >= 0.3 is 0 Å². The van der Waals surface area contributed by atoms with Gasteiger partial charge in [-0.05, 0) is 77.0 Å². The van der Waals surface area contributed by atoms with Gasteiger partial charge in [-0.15, -0.1) is 0 Å². The smallest absolute Gasteiger partial charge is 0.119 e. The zero-order chi connectivity index (χ0) is 14.4. The number of hydrogen-bond donors (Lipinski definition) is 1. The highest BCUT2D eigenvalue weighted by Gasteiger charge is 2.15. The van der Waals surface area contributed by atoms with E-state index in [0.29, 0.717) is 0 Å². The third-order valence-corrected chi connectivity index (χ3v) is 3.90. The van der Waals surface area contributed by atoms with Crippen LogP contribution in [0.15, 0.2) is 24.3 Å². The van der Waals surface area contributed by atoms with Crippen molar-refractivity contribution in [1.82, 2.24) is 10.2 Å². The van der Waals surface area contributed by atoms with Crippen LogP contribution >= 0.6 is 0 Å². The van der Waals surface area contributed by atoms with Crippen LogP contribution in [0.1, 0.15) is 32.3 Å². The van der Waals surface area contributed by atoms with Gasteiger partial charge in [0, 0.05) is 6.54 Å².